The number of fused-ring (bicyclic) bond motifs is 2. The van der Waals surface area contributed by atoms with Crippen LogP contribution in [0.3, 0.4) is 0 Å². The third kappa shape index (κ3) is 24.6. The minimum absolute atomic E-state index is 0.0410. The maximum atomic E-state index is 13.0. The number of phosphoric acid groups is 1. The number of phenolic OH excluding ortho intramolecular Hbond substituents is 1. The van der Waals surface area contributed by atoms with Crippen molar-refractivity contribution in [3.05, 3.63) is 83.0 Å². The minimum Gasteiger partial charge on any atom is -0.508 e. The van der Waals surface area contributed by atoms with Crippen molar-refractivity contribution in [2.75, 3.05) is 38.3 Å². The Balaban J connectivity index is 1.22. The number of carboxylic acids is 1. The molecule has 76 heavy (non-hydrogen) atoms. The van der Waals surface area contributed by atoms with Gasteiger partial charge in [0.25, 0.3) is 0 Å². The molecule has 0 aromatic heterocycles. The molecule has 0 fully saturated rings. The second-order valence-corrected chi connectivity index (χ2v) is 20.8. The molecular formula is C57H79N2O15PS. The number of anilines is 1. The van der Waals surface area contributed by atoms with Gasteiger partial charge < -0.3 is 44.4 Å². The van der Waals surface area contributed by atoms with E-state index in [1.54, 1.807) is 24.3 Å². The molecule has 2 aromatic rings. The van der Waals surface area contributed by atoms with Gasteiger partial charge in [0.15, 0.2) is 16.6 Å². The quantitative estimate of drug-likeness (QED) is 0.00528. The molecule has 2 aromatic carbocycles. The van der Waals surface area contributed by atoms with Crippen LogP contribution in [0.2, 0.25) is 0 Å². The lowest BCUT2D eigenvalue weighted by Crippen LogP contribution is -2.31. The Morgan fingerprint density at radius 3 is 1.92 bits per heavy atom. The number of carbonyl (C=O) groups excluding carboxylic acids is 3. The van der Waals surface area contributed by atoms with Crippen LogP contribution in [0, 0.1) is 0 Å². The molecule has 1 heterocycles. The smallest absolute Gasteiger partial charge is 0.472 e. The summed E-state index contributed by atoms with van der Waals surface area (Å²) in [5, 5.41) is 26.7. The van der Waals surface area contributed by atoms with Crippen LogP contribution in [-0.4, -0.2) is 83.2 Å². The molecule has 5 N–H and O–H groups in total. The molecule has 1 aliphatic heterocycles. The Hall–Kier alpha value is -5.65. The number of carbonyl (C=O) groups is 4. The minimum atomic E-state index is -4.72. The van der Waals surface area contributed by atoms with Gasteiger partial charge in [0.05, 0.1) is 25.4 Å². The third-order valence-electron chi connectivity index (χ3n) is 12.7. The second-order valence-electron chi connectivity index (χ2n) is 19.0. The number of phosphoric ester groups is 1. The third-order valence-corrected chi connectivity index (χ3v) is 13.9. The van der Waals surface area contributed by atoms with Crippen molar-refractivity contribution in [1.82, 2.24) is 5.32 Å². The van der Waals surface area contributed by atoms with Crippen molar-refractivity contribution < 1.29 is 66.5 Å². The number of unbranched alkanes of at least 4 members (excludes halogenated alkanes) is 20. The van der Waals surface area contributed by atoms with Gasteiger partial charge in [-0.25, -0.2) is 14.2 Å². The number of esters is 3. The van der Waals surface area contributed by atoms with Crippen LogP contribution >= 0.6 is 20.0 Å². The van der Waals surface area contributed by atoms with Crippen LogP contribution in [0.15, 0.2) is 76.5 Å². The normalized spacial score (nSPS) is 12.4. The predicted octanol–water partition coefficient (Wildman–Crippen LogP) is 13.0. The molecule has 19 heteroatoms. The summed E-state index contributed by atoms with van der Waals surface area (Å²) in [7, 11) is -4.72. The highest BCUT2D eigenvalue weighted by Crippen LogP contribution is 2.44. The Kier molecular flexibility index (Phi) is 29.5. The number of phenols is 1. The SMILES string of the molecule is C=CC(=O)OCCCCCCCCCCCC(=O)OC(COC(=O)CCCCCCCCCCCCCCC)COP(=O)(O)OCCNC(=S)Nc1ccc(-c2c3ccc(=O)cc-3oc3cc(O)ccc23)c(C(=O)O)c1. The van der Waals surface area contributed by atoms with Crippen LogP contribution in [0.1, 0.15) is 171 Å². The van der Waals surface area contributed by atoms with E-state index in [4.69, 9.17) is 39.9 Å². The van der Waals surface area contributed by atoms with Gasteiger partial charge in [0.2, 0.25) is 0 Å². The largest absolute Gasteiger partial charge is 0.508 e. The molecule has 2 atom stereocenters. The molecule has 418 valence electrons. The molecule has 0 spiro atoms. The van der Waals surface area contributed by atoms with Crippen LogP contribution in [0.25, 0.3) is 33.4 Å². The lowest BCUT2D eigenvalue weighted by molar-refractivity contribution is -0.161. The first-order chi connectivity index (χ1) is 36.7. The summed E-state index contributed by atoms with van der Waals surface area (Å²) >= 11 is 5.41. The van der Waals surface area contributed by atoms with E-state index in [0.29, 0.717) is 47.2 Å². The standard InChI is InChI=1S/C57H79N2O15PS/c1-3-5-6-7-8-9-10-11-12-14-17-20-23-26-53(63)70-40-45(73-54(64)27-24-21-18-15-13-16-19-22-25-35-69-52(62)4-2)41-72-75(67,68)71-36-34-58-57(76)59-42-28-31-46(49(37-42)56(65)66)55-47-32-29-43(60)38-50(47)74-51-39-44(61)30-33-48(51)55/h4,28-33,37-39,45,60H,2-3,5-27,34-36,40-41H2,1H3,(H,65,66)(H,67,68)(H2,58,59,76). The number of aromatic carboxylic acids is 1. The zero-order chi connectivity index (χ0) is 55.0. The van der Waals surface area contributed by atoms with Gasteiger partial charge in [-0.3, -0.25) is 23.4 Å². The van der Waals surface area contributed by atoms with Gasteiger partial charge in [-0.05, 0) is 73.4 Å². The maximum absolute atomic E-state index is 13.0. The van der Waals surface area contributed by atoms with Crippen LogP contribution in [-0.2, 0) is 42.2 Å². The lowest BCUT2D eigenvalue weighted by atomic mass is 9.90. The van der Waals surface area contributed by atoms with Crippen molar-refractivity contribution in [3.63, 3.8) is 0 Å². The molecule has 2 unspecified atom stereocenters. The fourth-order valence-corrected chi connectivity index (χ4v) is 9.60. The molecule has 4 rings (SSSR count). The summed E-state index contributed by atoms with van der Waals surface area (Å²) in [4.78, 5) is 72.2. The number of benzene rings is 3. The Morgan fingerprint density at radius 1 is 0.711 bits per heavy atom. The second kappa shape index (κ2) is 35.6. The lowest BCUT2D eigenvalue weighted by Gasteiger charge is -2.20. The number of hydrogen-bond donors (Lipinski definition) is 5. The zero-order valence-electron chi connectivity index (χ0n) is 44.2. The Labute approximate surface area is 452 Å². The molecule has 0 saturated carbocycles. The fourth-order valence-electron chi connectivity index (χ4n) is 8.63. The summed E-state index contributed by atoms with van der Waals surface area (Å²) in [5.41, 5.74) is 1.41. The Bertz CT molecular complexity index is 2530. The van der Waals surface area contributed by atoms with E-state index in [1.165, 1.54) is 88.1 Å². The number of carboxylic acid groups (broad SMARTS) is 1. The summed E-state index contributed by atoms with van der Waals surface area (Å²) in [6.45, 7) is 4.62. The molecule has 2 aliphatic rings. The summed E-state index contributed by atoms with van der Waals surface area (Å²) < 4.78 is 45.3. The van der Waals surface area contributed by atoms with Gasteiger partial charge in [-0.15, -0.1) is 0 Å². The number of rotatable bonds is 40. The molecule has 0 bridgehead atoms. The van der Waals surface area contributed by atoms with Gasteiger partial charge in [-0.1, -0.05) is 142 Å². The van der Waals surface area contributed by atoms with Gasteiger partial charge in [-0.2, -0.15) is 0 Å². The monoisotopic (exact) mass is 1090 g/mol. The number of aromatic hydroxyl groups is 1. The van der Waals surface area contributed by atoms with Crippen LogP contribution < -0.4 is 16.1 Å². The van der Waals surface area contributed by atoms with Crippen molar-refractivity contribution >= 4 is 65.7 Å². The number of thiocarbonyl (C=S) groups is 1. The molecular weight excluding hydrogens is 1020 g/mol. The van der Waals surface area contributed by atoms with Crippen molar-refractivity contribution in [1.29, 1.82) is 0 Å². The number of nitrogens with one attached hydrogen (secondary N) is 2. The molecule has 17 nitrogen and oxygen atoms in total. The van der Waals surface area contributed by atoms with E-state index in [1.807, 2.05) is 0 Å². The first kappa shape index (κ1) is 62.9. The Morgan fingerprint density at radius 2 is 1.30 bits per heavy atom. The van der Waals surface area contributed by atoms with E-state index < -0.39 is 44.4 Å². The fraction of sp³-hybridized carbons (Fsp3) is 0.544. The highest BCUT2D eigenvalue weighted by atomic mass is 32.1. The van der Waals surface area contributed by atoms with Crippen LogP contribution in [0.4, 0.5) is 5.69 Å². The van der Waals surface area contributed by atoms with E-state index in [0.717, 1.165) is 76.7 Å². The summed E-state index contributed by atoms with van der Waals surface area (Å²) in [6, 6.07) is 13.2. The first-order valence-electron chi connectivity index (χ1n) is 27.1. The van der Waals surface area contributed by atoms with Crippen molar-refractivity contribution in [3.8, 4) is 28.2 Å². The number of hydrogen-bond acceptors (Lipinski definition) is 14. The molecule has 0 amide bonds. The summed E-state index contributed by atoms with van der Waals surface area (Å²) in [5.74, 6) is -2.55. The summed E-state index contributed by atoms with van der Waals surface area (Å²) in [6.07, 6.45) is 23.8. The van der Waals surface area contributed by atoms with E-state index in [9.17, 15) is 43.6 Å². The van der Waals surface area contributed by atoms with E-state index in [2.05, 4.69) is 24.1 Å². The van der Waals surface area contributed by atoms with Crippen molar-refractivity contribution in [2.24, 2.45) is 0 Å². The van der Waals surface area contributed by atoms with Gasteiger partial charge in [0, 0.05) is 59.8 Å². The topological polar surface area (TPSA) is 246 Å². The van der Waals surface area contributed by atoms with Gasteiger partial charge >= 0.3 is 31.7 Å². The molecule has 1 aliphatic carbocycles. The number of ether oxygens (including phenoxy) is 3. The zero-order valence-corrected chi connectivity index (χ0v) is 45.9. The first-order valence-corrected chi connectivity index (χ1v) is 29.0. The average Bonchev–Trinajstić information content (AvgIpc) is 3.39. The molecule has 0 radical (unpaired) electrons. The highest BCUT2D eigenvalue weighted by molar-refractivity contribution is 7.80. The predicted molar refractivity (Wildman–Crippen MR) is 298 cm³/mol. The van der Waals surface area contributed by atoms with Crippen molar-refractivity contribution in [2.45, 2.75) is 167 Å². The maximum Gasteiger partial charge on any atom is 0.472 e. The van der Waals surface area contributed by atoms with E-state index in [-0.39, 0.29) is 65.8 Å². The van der Waals surface area contributed by atoms with E-state index >= 15 is 0 Å². The van der Waals surface area contributed by atoms with Crippen LogP contribution in [0.5, 0.6) is 5.75 Å². The average molecular weight is 1100 g/mol. The highest BCUT2D eigenvalue weighted by Gasteiger charge is 2.27. The molecule has 0 saturated heterocycles. The van der Waals surface area contributed by atoms with Gasteiger partial charge in [0.1, 0.15) is 23.7 Å².